The van der Waals surface area contributed by atoms with E-state index in [1.54, 1.807) is 0 Å². The van der Waals surface area contributed by atoms with Gasteiger partial charge in [-0.15, -0.1) is 5.10 Å². The van der Waals surface area contributed by atoms with Crippen LogP contribution < -0.4 is 10.6 Å². The molecule has 5 nitrogen and oxygen atoms in total. The molecule has 0 radical (unpaired) electrons. The minimum absolute atomic E-state index is 0.0447. The molecule has 1 unspecified atom stereocenters. The summed E-state index contributed by atoms with van der Waals surface area (Å²) in [5, 5.41) is 10.6. The smallest absolute Gasteiger partial charge is 0.264 e. The molecule has 1 saturated heterocycles. The minimum atomic E-state index is -0.157. The lowest BCUT2D eigenvalue weighted by Gasteiger charge is -2.34. The highest BCUT2D eigenvalue weighted by Gasteiger charge is 2.30. The number of amides is 1. The molecule has 1 aliphatic rings. The van der Waals surface area contributed by atoms with Gasteiger partial charge in [0.05, 0.1) is 5.69 Å². The Hall–Kier alpha value is -1.01. The van der Waals surface area contributed by atoms with Crippen molar-refractivity contribution in [2.45, 2.75) is 46.0 Å². The van der Waals surface area contributed by atoms with Gasteiger partial charge in [0.1, 0.15) is 4.88 Å². The van der Waals surface area contributed by atoms with E-state index in [9.17, 15) is 4.79 Å². The molecule has 20 heavy (non-hydrogen) atoms. The van der Waals surface area contributed by atoms with Crippen LogP contribution in [0.1, 0.15) is 55.9 Å². The Morgan fingerprint density at radius 1 is 1.50 bits per heavy atom. The van der Waals surface area contributed by atoms with Gasteiger partial charge in [0.2, 0.25) is 0 Å². The zero-order valence-corrected chi connectivity index (χ0v) is 13.6. The highest BCUT2D eigenvalue weighted by molar-refractivity contribution is 7.08. The molecule has 2 N–H and O–H groups in total. The molecule has 1 aromatic heterocycles. The van der Waals surface area contributed by atoms with E-state index < -0.39 is 0 Å². The van der Waals surface area contributed by atoms with Gasteiger partial charge >= 0.3 is 0 Å². The topological polar surface area (TPSA) is 66.9 Å². The summed E-state index contributed by atoms with van der Waals surface area (Å²) in [6.07, 6.45) is 2.31. The van der Waals surface area contributed by atoms with Crippen LogP contribution in [0, 0.1) is 5.41 Å². The predicted octanol–water partition coefficient (Wildman–Crippen LogP) is 1.96. The molecule has 1 amide bonds. The Balaban J connectivity index is 2.00. The maximum atomic E-state index is 12.4. The molecule has 2 heterocycles. The molecule has 1 fully saturated rings. The number of aromatic nitrogens is 2. The molecule has 112 valence electrons. The Morgan fingerprint density at radius 3 is 2.85 bits per heavy atom. The second-order valence-electron chi connectivity index (χ2n) is 6.97. The summed E-state index contributed by atoms with van der Waals surface area (Å²) in [4.78, 5) is 13.0. The molecule has 1 aliphatic heterocycles. The number of rotatable bonds is 3. The number of hydrogen-bond acceptors (Lipinski definition) is 5. The largest absolute Gasteiger partial charge is 0.351 e. The molecule has 2 rings (SSSR count). The van der Waals surface area contributed by atoms with Gasteiger partial charge in [-0.2, -0.15) is 0 Å². The Bertz CT molecular complexity index is 472. The van der Waals surface area contributed by atoms with Crippen LogP contribution in [0.15, 0.2) is 0 Å². The van der Waals surface area contributed by atoms with E-state index in [1.807, 2.05) is 20.8 Å². The van der Waals surface area contributed by atoms with Crippen molar-refractivity contribution in [1.29, 1.82) is 0 Å². The van der Waals surface area contributed by atoms with Crippen LogP contribution in [0.4, 0.5) is 0 Å². The van der Waals surface area contributed by atoms with Crippen LogP contribution in [0.3, 0.4) is 0 Å². The molecule has 1 aromatic rings. The van der Waals surface area contributed by atoms with Gasteiger partial charge in [-0.05, 0) is 36.3 Å². The Kier molecular flexibility index (Phi) is 4.44. The van der Waals surface area contributed by atoms with Gasteiger partial charge in [0.25, 0.3) is 5.91 Å². The molecule has 0 spiro atoms. The third-order valence-electron chi connectivity index (χ3n) is 3.77. The van der Waals surface area contributed by atoms with E-state index in [1.165, 1.54) is 18.0 Å². The molecule has 1 atom stereocenters. The number of nitrogens with zero attached hydrogens (tertiary/aromatic N) is 2. The van der Waals surface area contributed by atoms with Crippen molar-refractivity contribution in [3.8, 4) is 0 Å². The van der Waals surface area contributed by atoms with E-state index in [0.717, 1.165) is 25.2 Å². The van der Waals surface area contributed by atoms with Gasteiger partial charge in [-0.1, -0.05) is 32.2 Å². The van der Waals surface area contributed by atoms with Gasteiger partial charge in [-0.25, -0.2) is 0 Å². The van der Waals surface area contributed by atoms with Crippen molar-refractivity contribution in [3.05, 3.63) is 10.6 Å². The molecule has 0 saturated carbocycles. The van der Waals surface area contributed by atoms with Crippen molar-refractivity contribution in [3.63, 3.8) is 0 Å². The summed E-state index contributed by atoms with van der Waals surface area (Å²) < 4.78 is 3.94. The van der Waals surface area contributed by atoms with Gasteiger partial charge in [0, 0.05) is 18.5 Å². The quantitative estimate of drug-likeness (QED) is 0.895. The summed E-state index contributed by atoms with van der Waals surface area (Å²) >= 11 is 1.18. The molecular formula is C14H24N4OS. The first-order valence-corrected chi connectivity index (χ1v) is 7.91. The van der Waals surface area contributed by atoms with E-state index >= 15 is 0 Å². The fraction of sp³-hybridized carbons (Fsp3) is 0.786. The molecule has 6 heteroatoms. The lowest BCUT2D eigenvalue weighted by molar-refractivity contribution is 0.0926. The molecular weight excluding hydrogens is 272 g/mol. The van der Waals surface area contributed by atoms with Gasteiger partial charge < -0.3 is 10.6 Å². The summed E-state index contributed by atoms with van der Waals surface area (Å²) in [6.45, 7) is 11.1. The zero-order chi connectivity index (χ0) is 14.8. The van der Waals surface area contributed by atoms with Crippen LogP contribution >= 0.6 is 11.5 Å². The third kappa shape index (κ3) is 3.55. The lowest BCUT2D eigenvalue weighted by atomic mass is 9.83. The summed E-state index contributed by atoms with van der Waals surface area (Å²) in [7, 11) is 0. The summed E-state index contributed by atoms with van der Waals surface area (Å²) in [5.41, 5.74) is 0.774. The van der Waals surface area contributed by atoms with Crippen LogP contribution in [0.2, 0.25) is 0 Å². The van der Waals surface area contributed by atoms with Crippen LogP contribution in [-0.2, 0) is 5.41 Å². The van der Waals surface area contributed by atoms with Crippen molar-refractivity contribution in [2.75, 3.05) is 19.6 Å². The highest BCUT2D eigenvalue weighted by atomic mass is 32.1. The average molecular weight is 296 g/mol. The maximum absolute atomic E-state index is 12.4. The van der Waals surface area contributed by atoms with Crippen molar-refractivity contribution >= 4 is 17.4 Å². The van der Waals surface area contributed by atoms with E-state index in [0.29, 0.717) is 11.4 Å². The first-order chi connectivity index (χ1) is 9.32. The average Bonchev–Trinajstić information content (AvgIpc) is 2.86. The third-order valence-corrected chi connectivity index (χ3v) is 4.49. The number of carbonyl (C=O) groups is 1. The number of nitrogens with one attached hydrogen (secondary N) is 2. The monoisotopic (exact) mass is 296 g/mol. The minimum Gasteiger partial charge on any atom is -0.351 e. The zero-order valence-electron chi connectivity index (χ0n) is 12.7. The number of piperidine rings is 1. The summed E-state index contributed by atoms with van der Waals surface area (Å²) in [6, 6.07) is 0. The fourth-order valence-electron chi connectivity index (χ4n) is 2.47. The van der Waals surface area contributed by atoms with Crippen molar-refractivity contribution < 1.29 is 4.79 Å². The molecule has 0 bridgehead atoms. The van der Waals surface area contributed by atoms with E-state index in [4.69, 9.17) is 0 Å². The number of hydrogen-bond donors (Lipinski definition) is 2. The normalized spacial score (nSPS) is 23.6. The van der Waals surface area contributed by atoms with Gasteiger partial charge in [-0.3, -0.25) is 4.79 Å². The maximum Gasteiger partial charge on any atom is 0.264 e. The SMILES string of the molecule is CC1(CNC(=O)c2snnc2C(C)(C)C)CCCNC1. The van der Waals surface area contributed by atoms with Crippen LogP contribution in [0.5, 0.6) is 0 Å². The van der Waals surface area contributed by atoms with E-state index in [-0.39, 0.29) is 16.7 Å². The Labute approximate surface area is 124 Å². The molecule has 0 aliphatic carbocycles. The number of carbonyl (C=O) groups excluding carboxylic acids is 1. The second kappa shape index (κ2) is 5.77. The first kappa shape index (κ1) is 15.4. The lowest BCUT2D eigenvalue weighted by Crippen LogP contribution is -2.45. The van der Waals surface area contributed by atoms with Crippen LogP contribution in [-0.4, -0.2) is 35.1 Å². The fourth-order valence-corrected chi connectivity index (χ4v) is 3.27. The van der Waals surface area contributed by atoms with Crippen molar-refractivity contribution in [1.82, 2.24) is 20.2 Å². The first-order valence-electron chi connectivity index (χ1n) is 7.14. The standard InChI is InChI=1S/C14H24N4OS/c1-13(2,3)11-10(20-18-17-11)12(19)16-9-14(4)6-5-7-15-8-14/h15H,5-9H2,1-4H3,(H,16,19). The van der Waals surface area contributed by atoms with E-state index in [2.05, 4.69) is 27.1 Å². The van der Waals surface area contributed by atoms with Gasteiger partial charge in [0.15, 0.2) is 0 Å². The predicted molar refractivity (Wildman–Crippen MR) is 81.2 cm³/mol. The van der Waals surface area contributed by atoms with Crippen molar-refractivity contribution in [2.24, 2.45) is 5.41 Å². The summed E-state index contributed by atoms with van der Waals surface area (Å²) in [5.74, 6) is -0.0447. The molecule has 0 aromatic carbocycles. The van der Waals surface area contributed by atoms with Crippen LogP contribution in [0.25, 0.3) is 0 Å². The Morgan fingerprint density at radius 2 is 2.25 bits per heavy atom. The highest BCUT2D eigenvalue weighted by Crippen LogP contribution is 2.27. The second-order valence-corrected chi connectivity index (χ2v) is 7.73.